The number of hydrogen-bond acceptors (Lipinski definition) is 2. The van der Waals surface area contributed by atoms with Crippen LogP contribution in [0, 0.1) is 6.92 Å². The molecule has 2 aromatic carbocycles. The topological polar surface area (TPSA) is 51.0 Å². The number of benzene rings is 2. The molecular weight excluding hydrogens is 338 g/mol. The number of nitrogens with one attached hydrogen (secondary N) is 3. The summed E-state index contributed by atoms with van der Waals surface area (Å²) in [6.45, 7) is 7.34. The Morgan fingerprint density at radius 3 is 2.48 bits per heavy atom. The first kappa shape index (κ1) is 17.8. The van der Waals surface area contributed by atoms with E-state index in [0.29, 0.717) is 11.1 Å². The van der Waals surface area contributed by atoms with E-state index in [1.165, 1.54) is 4.90 Å². The van der Waals surface area contributed by atoms with Gasteiger partial charge in [-0.25, -0.2) is 0 Å². The van der Waals surface area contributed by atoms with Crippen LogP contribution in [0.1, 0.15) is 11.3 Å². The smallest absolute Gasteiger partial charge is 0.198 e. The molecule has 1 fully saturated rings. The van der Waals surface area contributed by atoms with Crippen LogP contribution in [0.5, 0.6) is 11.5 Å². The van der Waals surface area contributed by atoms with Crippen molar-refractivity contribution in [3.8, 4) is 11.5 Å². The van der Waals surface area contributed by atoms with Crippen LogP contribution >= 0.6 is 0 Å². The van der Waals surface area contributed by atoms with Crippen molar-refractivity contribution >= 4 is 10.9 Å². The molecule has 0 amide bonds. The van der Waals surface area contributed by atoms with E-state index >= 15 is 0 Å². The molecule has 0 atom stereocenters. The highest BCUT2D eigenvalue weighted by Crippen LogP contribution is 2.24. The number of quaternary nitrogens is 2. The zero-order valence-electron chi connectivity index (χ0n) is 16.0. The molecule has 0 spiro atoms. The van der Waals surface area contributed by atoms with Crippen molar-refractivity contribution < 1.29 is 14.5 Å². The zero-order chi connectivity index (χ0) is 18.8. The van der Waals surface area contributed by atoms with Gasteiger partial charge in [-0.3, -0.25) is 4.79 Å². The second-order valence-electron chi connectivity index (χ2n) is 7.56. The highest BCUT2D eigenvalue weighted by molar-refractivity contribution is 5.81. The predicted octanol–water partition coefficient (Wildman–Crippen LogP) is 0.542. The van der Waals surface area contributed by atoms with E-state index < -0.39 is 0 Å². The van der Waals surface area contributed by atoms with E-state index in [4.69, 9.17) is 4.74 Å². The van der Waals surface area contributed by atoms with Crippen LogP contribution in [0.25, 0.3) is 10.9 Å². The van der Waals surface area contributed by atoms with Gasteiger partial charge in [0.1, 0.15) is 44.2 Å². The van der Waals surface area contributed by atoms with Crippen molar-refractivity contribution in [3.05, 3.63) is 70.0 Å². The summed E-state index contributed by atoms with van der Waals surface area (Å²) in [7, 11) is 2.24. The van der Waals surface area contributed by atoms with Gasteiger partial charge < -0.3 is 19.5 Å². The number of likely N-dealkylation sites (N-methyl/N-ethyl adjacent to an activating group) is 1. The van der Waals surface area contributed by atoms with Gasteiger partial charge in [-0.05, 0) is 37.3 Å². The minimum Gasteiger partial charge on any atom is -0.457 e. The monoisotopic (exact) mass is 365 g/mol. The molecule has 27 heavy (non-hydrogen) atoms. The number of pyridine rings is 1. The zero-order valence-corrected chi connectivity index (χ0v) is 16.0. The van der Waals surface area contributed by atoms with Gasteiger partial charge in [0.05, 0.1) is 12.6 Å². The second kappa shape index (κ2) is 7.55. The third-order valence-electron chi connectivity index (χ3n) is 5.50. The molecular formula is C22H27N3O2+2. The number of fused-ring (bicyclic) bond motifs is 1. The fourth-order valence-electron chi connectivity index (χ4n) is 3.79. The van der Waals surface area contributed by atoms with Gasteiger partial charge in [-0.1, -0.05) is 18.2 Å². The van der Waals surface area contributed by atoms with Gasteiger partial charge >= 0.3 is 0 Å². The van der Waals surface area contributed by atoms with Crippen LogP contribution in [0.2, 0.25) is 0 Å². The summed E-state index contributed by atoms with van der Waals surface area (Å²) < 4.78 is 5.91. The van der Waals surface area contributed by atoms with Crippen LogP contribution in [0.15, 0.2) is 53.3 Å². The molecule has 5 heteroatoms. The summed E-state index contributed by atoms with van der Waals surface area (Å²) in [5, 5.41) is 0.697. The van der Waals surface area contributed by atoms with E-state index in [-0.39, 0.29) is 5.43 Å². The number of rotatable bonds is 4. The van der Waals surface area contributed by atoms with E-state index in [1.54, 1.807) is 4.90 Å². The Kier molecular flexibility index (Phi) is 4.97. The third kappa shape index (κ3) is 3.89. The number of aromatic amines is 1. The van der Waals surface area contributed by atoms with Crippen LogP contribution < -0.4 is 20.0 Å². The normalized spacial score (nSPS) is 19.9. The first-order chi connectivity index (χ1) is 13.1. The van der Waals surface area contributed by atoms with E-state index in [1.807, 2.05) is 55.5 Å². The Morgan fingerprint density at radius 2 is 1.74 bits per heavy atom. The number of hydrogen-bond donors (Lipinski definition) is 3. The standard InChI is InChI=1S/C22H25N3O2/c1-16-20(15-25-12-10-24(2)11-13-25)22(26)19-14-18(8-9-21(19)23-16)27-17-6-4-3-5-7-17/h3-9,14H,10-13,15H2,1-2H3,(H,23,26)/p+2. The number of aryl methyl sites for hydroxylation is 1. The molecule has 0 radical (unpaired) electrons. The van der Waals surface area contributed by atoms with Gasteiger partial charge in [0, 0.05) is 16.6 Å². The van der Waals surface area contributed by atoms with Crippen molar-refractivity contribution in [1.82, 2.24) is 4.98 Å². The van der Waals surface area contributed by atoms with Gasteiger partial charge in [0.2, 0.25) is 0 Å². The Bertz CT molecular complexity index is 990. The highest BCUT2D eigenvalue weighted by atomic mass is 16.5. The molecule has 0 saturated carbocycles. The minimum atomic E-state index is 0.124. The van der Waals surface area contributed by atoms with Crippen molar-refractivity contribution in [2.24, 2.45) is 0 Å². The number of H-pyrrole nitrogens is 1. The SMILES string of the molecule is Cc1[nH]c2ccc(Oc3ccccc3)cc2c(=O)c1C[NH+]1CC[NH+](C)CC1. The average Bonchev–Trinajstić information content (AvgIpc) is 2.68. The van der Waals surface area contributed by atoms with E-state index in [9.17, 15) is 4.79 Å². The molecule has 0 aliphatic carbocycles. The molecule has 5 nitrogen and oxygen atoms in total. The van der Waals surface area contributed by atoms with Crippen LogP contribution in [0.4, 0.5) is 0 Å². The van der Waals surface area contributed by atoms with Gasteiger partial charge in [0.25, 0.3) is 0 Å². The second-order valence-corrected chi connectivity index (χ2v) is 7.56. The molecule has 0 bridgehead atoms. The first-order valence-corrected chi connectivity index (χ1v) is 9.63. The van der Waals surface area contributed by atoms with Crippen LogP contribution in [-0.2, 0) is 6.54 Å². The van der Waals surface area contributed by atoms with Gasteiger partial charge in [-0.15, -0.1) is 0 Å². The predicted molar refractivity (Wildman–Crippen MR) is 107 cm³/mol. The molecule has 140 valence electrons. The summed E-state index contributed by atoms with van der Waals surface area (Å²) in [4.78, 5) is 19.7. The number of para-hydroxylation sites is 1. The molecule has 2 heterocycles. The number of piperazine rings is 1. The lowest BCUT2D eigenvalue weighted by molar-refractivity contribution is -1.01. The largest absolute Gasteiger partial charge is 0.457 e. The average molecular weight is 365 g/mol. The number of aromatic nitrogens is 1. The Morgan fingerprint density at radius 1 is 1.00 bits per heavy atom. The molecule has 1 saturated heterocycles. The Hall–Kier alpha value is -2.63. The summed E-state index contributed by atoms with van der Waals surface area (Å²) in [5.74, 6) is 1.45. The first-order valence-electron chi connectivity index (χ1n) is 9.63. The lowest BCUT2D eigenvalue weighted by atomic mass is 10.1. The van der Waals surface area contributed by atoms with Crippen molar-refractivity contribution in [2.75, 3.05) is 33.2 Å². The van der Waals surface area contributed by atoms with Crippen molar-refractivity contribution in [3.63, 3.8) is 0 Å². The summed E-state index contributed by atoms with van der Waals surface area (Å²) in [6, 6.07) is 15.3. The van der Waals surface area contributed by atoms with Crippen LogP contribution in [-0.4, -0.2) is 38.2 Å². The molecule has 0 unspecified atom stereocenters. The van der Waals surface area contributed by atoms with Crippen molar-refractivity contribution in [1.29, 1.82) is 0 Å². The Labute approximate surface area is 159 Å². The molecule has 1 aromatic heterocycles. The number of ether oxygens (including phenoxy) is 1. The molecule has 1 aliphatic rings. The van der Waals surface area contributed by atoms with Gasteiger partial charge in [0.15, 0.2) is 5.43 Å². The maximum atomic E-state index is 13.2. The summed E-state index contributed by atoms with van der Waals surface area (Å²) in [6.07, 6.45) is 0. The highest BCUT2D eigenvalue weighted by Gasteiger charge is 2.22. The fourth-order valence-corrected chi connectivity index (χ4v) is 3.79. The minimum absolute atomic E-state index is 0.124. The third-order valence-corrected chi connectivity index (χ3v) is 5.50. The Balaban J connectivity index is 1.65. The molecule has 4 rings (SSSR count). The lowest BCUT2D eigenvalue weighted by Gasteiger charge is -2.27. The van der Waals surface area contributed by atoms with E-state index in [0.717, 1.165) is 55.2 Å². The van der Waals surface area contributed by atoms with Crippen LogP contribution in [0.3, 0.4) is 0 Å². The fraction of sp³-hybridized carbons (Fsp3) is 0.318. The van der Waals surface area contributed by atoms with Gasteiger partial charge in [-0.2, -0.15) is 0 Å². The molecule has 3 aromatic rings. The quantitative estimate of drug-likeness (QED) is 0.632. The molecule has 3 N–H and O–H groups in total. The maximum Gasteiger partial charge on any atom is 0.198 e. The maximum absolute atomic E-state index is 13.2. The summed E-state index contributed by atoms with van der Waals surface area (Å²) in [5.41, 5.74) is 2.86. The summed E-state index contributed by atoms with van der Waals surface area (Å²) >= 11 is 0. The molecule has 1 aliphatic heterocycles. The van der Waals surface area contributed by atoms with Crippen molar-refractivity contribution in [2.45, 2.75) is 13.5 Å². The lowest BCUT2D eigenvalue weighted by Crippen LogP contribution is -3.26. The van der Waals surface area contributed by atoms with E-state index in [2.05, 4.69) is 12.0 Å².